The zero-order chi connectivity index (χ0) is 16.4. The molecular weight excluding hydrogens is 339 g/mol. The van der Waals surface area contributed by atoms with E-state index in [0.29, 0.717) is 0 Å². The average Bonchev–Trinajstić information content (AvgIpc) is 3.34. The van der Waals surface area contributed by atoms with Crippen molar-refractivity contribution < 1.29 is 4.39 Å². The molecule has 2 nitrogen and oxygen atoms in total. The van der Waals surface area contributed by atoms with Crippen LogP contribution in [0.25, 0.3) is 6.08 Å². The van der Waals surface area contributed by atoms with Gasteiger partial charge in [-0.25, -0.2) is 4.39 Å². The summed E-state index contributed by atoms with van der Waals surface area (Å²) >= 11 is 3.44. The Morgan fingerprint density at radius 3 is 2.50 bits per heavy atom. The molecule has 0 radical (unpaired) electrons. The molecule has 0 amide bonds. The molecule has 3 heterocycles. The van der Waals surface area contributed by atoms with Crippen molar-refractivity contribution in [2.75, 3.05) is 5.01 Å². The Kier molecular flexibility index (Phi) is 4.28. The van der Waals surface area contributed by atoms with E-state index in [4.69, 9.17) is 5.10 Å². The largest absolute Gasteiger partial charge is 0.257 e. The monoisotopic (exact) mass is 354 g/mol. The van der Waals surface area contributed by atoms with Crippen molar-refractivity contribution in [2.24, 2.45) is 5.10 Å². The van der Waals surface area contributed by atoms with Gasteiger partial charge in [-0.05, 0) is 59.3 Å². The van der Waals surface area contributed by atoms with Crippen molar-refractivity contribution in [3.8, 4) is 0 Å². The molecule has 1 aliphatic heterocycles. The standard InChI is InChI=1S/C19H15FN2S2/c20-14-5-8-16(9-6-14)22-18(19-4-2-12-24-19)13-15(21-22)7-10-17-3-1-11-23-17/h1-12,18H,13H2/t18-/m1/s1. The minimum atomic E-state index is -0.229. The highest BCUT2D eigenvalue weighted by atomic mass is 32.1. The van der Waals surface area contributed by atoms with Crippen molar-refractivity contribution in [3.63, 3.8) is 0 Å². The van der Waals surface area contributed by atoms with Crippen LogP contribution in [0.1, 0.15) is 22.2 Å². The van der Waals surface area contributed by atoms with Gasteiger partial charge in [0, 0.05) is 16.2 Å². The van der Waals surface area contributed by atoms with Gasteiger partial charge >= 0.3 is 0 Å². The molecule has 5 heteroatoms. The van der Waals surface area contributed by atoms with Gasteiger partial charge in [-0.2, -0.15) is 5.10 Å². The van der Waals surface area contributed by atoms with Crippen LogP contribution in [0.3, 0.4) is 0 Å². The van der Waals surface area contributed by atoms with Gasteiger partial charge in [0.25, 0.3) is 0 Å². The molecule has 24 heavy (non-hydrogen) atoms. The van der Waals surface area contributed by atoms with E-state index < -0.39 is 0 Å². The van der Waals surface area contributed by atoms with E-state index in [2.05, 4.69) is 41.1 Å². The summed E-state index contributed by atoms with van der Waals surface area (Å²) in [6.45, 7) is 0. The van der Waals surface area contributed by atoms with Gasteiger partial charge in [0.1, 0.15) is 5.82 Å². The number of anilines is 1. The van der Waals surface area contributed by atoms with E-state index in [9.17, 15) is 4.39 Å². The second-order valence-electron chi connectivity index (χ2n) is 5.50. The SMILES string of the molecule is Fc1ccc(N2N=C(C=Cc3cccs3)C[C@@H]2c2cccs2)cc1. The topological polar surface area (TPSA) is 15.6 Å². The van der Waals surface area contributed by atoms with Gasteiger partial charge in [-0.3, -0.25) is 5.01 Å². The number of rotatable bonds is 4. The van der Waals surface area contributed by atoms with Crippen LogP contribution in [0.4, 0.5) is 10.1 Å². The number of halogens is 1. The maximum atomic E-state index is 13.2. The molecule has 3 aromatic rings. The molecule has 4 rings (SSSR count). The number of hydrogen-bond acceptors (Lipinski definition) is 4. The lowest BCUT2D eigenvalue weighted by atomic mass is 10.1. The third-order valence-corrected chi connectivity index (χ3v) is 5.69. The molecule has 0 spiro atoms. The highest BCUT2D eigenvalue weighted by Crippen LogP contribution is 2.37. The van der Waals surface area contributed by atoms with Crippen LogP contribution in [0, 0.1) is 5.82 Å². The quantitative estimate of drug-likeness (QED) is 0.563. The Morgan fingerprint density at radius 2 is 1.79 bits per heavy atom. The van der Waals surface area contributed by atoms with Crippen LogP contribution < -0.4 is 5.01 Å². The average molecular weight is 354 g/mol. The normalized spacial score (nSPS) is 17.6. The lowest BCUT2D eigenvalue weighted by Crippen LogP contribution is -2.17. The van der Waals surface area contributed by atoms with E-state index in [1.165, 1.54) is 21.9 Å². The van der Waals surface area contributed by atoms with E-state index >= 15 is 0 Å². The lowest BCUT2D eigenvalue weighted by molar-refractivity contribution is 0.626. The van der Waals surface area contributed by atoms with Crippen molar-refractivity contribution >= 4 is 40.1 Å². The predicted octanol–water partition coefficient (Wildman–Crippen LogP) is 5.97. The molecule has 0 saturated carbocycles. The fraction of sp³-hybridized carbons (Fsp3) is 0.105. The summed E-state index contributed by atoms with van der Waals surface area (Å²) in [5, 5.41) is 10.9. The van der Waals surface area contributed by atoms with Crippen molar-refractivity contribution in [1.29, 1.82) is 0 Å². The summed E-state index contributed by atoms with van der Waals surface area (Å²) < 4.78 is 13.2. The Labute approximate surface area is 148 Å². The number of allylic oxidation sites excluding steroid dienone is 1. The fourth-order valence-electron chi connectivity index (χ4n) is 2.73. The second kappa shape index (κ2) is 6.71. The van der Waals surface area contributed by atoms with E-state index in [-0.39, 0.29) is 11.9 Å². The van der Waals surface area contributed by atoms with Gasteiger partial charge in [0.2, 0.25) is 0 Å². The summed E-state index contributed by atoms with van der Waals surface area (Å²) in [6.07, 6.45) is 5.03. The highest BCUT2D eigenvalue weighted by molar-refractivity contribution is 7.10. The van der Waals surface area contributed by atoms with Crippen LogP contribution in [0.5, 0.6) is 0 Å². The molecule has 1 aromatic carbocycles. The summed E-state index contributed by atoms with van der Waals surface area (Å²) in [5.74, 6) is -0.229. The molecule has 120 valence electrons. The molecule has 0 bridgehead atoms. The van der Waals surface area contributed by atoms with Gasteiger partial charge in [0.15, 0.2) is 0 Å². The van der Waals surface area contributed by atoms with Gasteiger partial charge in [-0.1, -0.05) is 12.1 Å². The highest BCUT2D eigenvalue weighted by Gasteiger charge is 2.28. The number of nitrogens with zero attached hydrogens (tertiary/aromatic N) is 2. The van der Waals surface area contributed by atoms with Crippen molar-refractivity contribution in [2.45, 2.75) is 12.5 Å². The Hall–Kier alpha value is -2.24. The number of thiophene rings is 2. The van der Waals surface area contributed by atoms with Gasteiger partial charge < -0.3 is 0 Å². The van der Waals surface area contributed by atoms with Crippen molar-refractivity contribution in [3.05, 3.63) is 80.9 Å². The first-order valence-electron chi connectivity index (χ1n) is 7.67. The van der Waals surface area contributed by atoms with E-state index in [1.807, 2.05) is 11.1 Å². The molecule has 2 aromatic heterocycles. The maximum Gasteiger partial charge on any atom is 0.123 e. The molecule has 1 atom stereocenters. The van der Waals surface area contributed by atoms with Crippen molar-refractivity contribution in [1.82, 2.24) is 0 Å². The molecule has 1 aliphatic rings. The Bertz CT molecular complexity index is 849. The molecule has 0 fully saturated rings. The zero-order valence-electron chi connectivity index (χ0n) is 12.8. The van der Waals surface area contributed by atoms with Gasteiger partial charge in [-0.15, -0.1) is 22.7 Å². The Balaban J connectivity index is 1.64. The predicted molar refractivity (Wildman–Crippen MR) is 101 cm³/mol. The number of benzene rings is 1. The van der Waals surface area contributed by atoms with E-state index in [1.54, 1.807) is 34.8 Å². The summed E-state index contributed by atoms with van der Waals surface area (Å²) in [7, 11) is 0. The summed E-state index contributed by atoms with van der Waals surface area (Å²) in [6, 6.07) is 15.0. The summed E-state index contributed by atoms with van der Waals surface area (Å²) in [4.78, 5) is 2.48. The molecule has 0 N–H and O–H groups in total. The fourth-order valence-corrected chi connectivity index (χ4v) is 4.16. The zero-order valence-corrected chi connectivity index (χ0v) is 14.4. The summed E-state index contributed by atoms with van der Waals surface area (Å²) in [5.41, 5.74) is 1.94. The van der Waals surface area contributed by atoms with Crippen LogP contribution in [0.2, 0.25) is 0 Å². The molecule has 0 aliphatic carbocycles. The Morgan fingerprint density at radius 1 is 1.00 bits per heavy atom. The van der Waals surface area contributed by atoms with Crippen LogP contribution in [-0.2, 0) is 0 Å². The first kappa shape index (κ1) is 15.3. The first-order chi connectivity index (χ1) is 11.8. The molecular formula is C19H15FN2S2. The minimum Gasteiger partial charge on any atom is -0.257 e. The third kappa shape index (κ3) is 3.18. The van der Waals surface area contributed by atoms with Crippen LogP contribution >= 0.6 is 22.7 Å². The smallest absolute Gasteiger partial charge is 0.123 e. The molecule has 0 saturated heterocycles. The van der Waals surface area contributed by atoms with Gasteiger partial charge in [0.05, 0.1) is 17.4 Å². The maximum absolute atomic E-state index is 13.2. The minimum absolute atomic E-state index is 0.165. The number of hydrazone groups is 1. The molecule has 0 unspecified atom stereocenters. The first-order valence-corrected chi connectivity index (χ1v) is 9.43. The number of hydrogen-bond donors (Lipinski definition) is 0. The van der Waals surface area contributed by atoms with E-state index in [0.717, 1.165) is 17.8 Å². The van der Waals surface area contributed by atoms with Crippen LogP contribution in [-0.4, -0.2) is 5.71 Å². The third-order valence-electron chi connectivity index (χ3n) is 3.88. The van der Waals surface area contributed by atoms with Crippen LogP contribution in [0.15, 0.2) is 70.5 Å². The second-order valence-corrected chi connectivity index (χ2v) is 7.45. The lowest BCUT2D eigenvalue weighted by Gasteiger charge is -2.22.